The van der Waals surface area contributed by atoms with Crippen LogP contribution in [0.3, 0.4) is 0 Å². The number of methoxy groups -OCH3 is 1. The highest BCUT2D eigenvalue weighted by molar-refractivity contribution is 5.69. The van der Waals surface area contributed by atoms with Gasteiger partial charge in [0.2, 0.25) is 0 Å². The molecule has 0 N–H and O–H groups in total. The van der Waals surface area contributed by atoms with Gasteiger partial charge in [-0.2, -0.15) is 0 Å². The zero-order valence-corrected chi connectivity index (χ0v) is 14.4. The first-order valence-corrected chi connectivity index (χ1v) is 8.75. The Hall–Kier alpha value is -1.14. The summed E-state index contributed by atoms with van der Waals surface area (Å²) in [6.45, 7) is 4.67. The van der Waals surface area contributed by atoms with Crippen LogP contribution >= 0.6 is 0 Å². The van der Waals surface area contributed by atoms with Crippen molar-refractivity contribution < 1.29 is 23.8 Å². The van der Waals surface area contributed by atoms with E-state index in [9.17, 15) is 9.59 Å². The number of morpholine rings is 1. The largest absolute Gasteiger partial charge is 0.469 e. The minimum atomic E-state index is -0.134. The highest BCUT2D eigenvalue weighted by atomic mass is 16.5. The Balaban J connectivity index is 1.83. The molecule has 0 saturated carbocycles. The van der Waals surface area contributed by atoms with Crippen LogP contribution in [0.1, 0.15) is 51.4 Å². The molecule has 1 fully saturated rings. The maximum Gasteiger partial charge on any atom is 0.305 e. The van der Waals surface area contributed by atoms with E-state index in [2.05, 4.69) is 9.64 Å². The molecule has 23 heavy (non-hydrogen) atoms. The van der Waals surface area contributed by atoms with Crippen molar-refractivity contribution in [1.29, 1.82) is 0 Å². The Kier molecular flexibility index (Phi) is 11.5. The number of nitrogens with zero attached hydrogens (tertiary/aromatic N) is 1. The van der Waals surface area contributed by atoms with Gasteiger partial charge in [0.15, 0.2) is 0 Å². The topological polar surface area (TPSA) is 65.1 Å². The van der Waals surface area contributed by atoms with Gasteiger partial charge in [0.1, 0.15) is 6.61 Å². The number of hydrogen-bond acceptors (Lipinski definition) is 6. The molecule has 1 rings (SSSR count). The molecule has 0 aliphatic carbocycles. The van der Waals surface area contributed by atoms with Crippen molar-refractivity contribution in [2.45, 2.75) is 51.4 Å². The first-order chi connectivity index (χ1) is 11.2. The van der Waals surface area contributed by atoms with Crippen LogP contribution in [0.2, 0.25) is 0 Å². The monoisotopic (exact) mass is 329 g/mol. The predicted octanol–water partition coefficient (Wildman–Crippen LogP) is 2.16. The maximum atomic E-state index is 11.6. The summed E-state index contributed by atoms with van der Waals surface area (Å²) in [6.07, 6.45) is 7.06. The molecule has 6 nitrogen and oxygen atoms in total. The minimum absolute atomic E-state index is 0.0936. The number of carbonyl (C=O) groups is 2. The summed E-state index contributed by atoms with van der Waals surface area (Å²) < 4.78 is 15.1. The average molecular weight is 329 g/mol. The molecule has 1 aliphatic heterocycles. The van der Waals surface area contributed by atoms with Gasteiger partial charge in [-0.05, 0) is 12.8 Å². The Morgan fingerprint density at radius 2 is 1.48 bits per heavy atom. The smallest absolute Gasteiger partial charge is 0.305 e. The van der Waals surface area contributed by atoms with Crippen molar-refractivity contribution in [3.8, 4) is 0 Å². The Bertz CT molecular complexity index is 329. The lowest BCUT2D eigenvalue weighted by atomic mass is 10.1. The number of unbranched alkanes of at least 4 members (excludes halogenated alkanes) is 5. The van der Waals surface area contributed by atoms with Gasteiger partial charge in [0, 0.05) is 32.5 Å². The van der Waals surface area contributed by atoms with Gasteiger partial charge in [-0.3, -0.25) is 14.5 Å². The maximum absolute atomic E-state index is 11.6. The second-order valence-electron chi connectivity index (χ2n) is 5.87. The molecule has 1 heterocycles. The third-order valence-electron chi connectivity index (χ3n) is 4.01. The molecule has 134 valence electrons. The SMILES string of the molecule is COC(=O)CCCCCCCCC(=O)OCCN1CCOCC1. The van der Waals surface area contributed by atoms with Gasteiger partial charge >= 0.3 is 11.9 Å². The minimum Gasteiger partial charge on any atom is -0.469 e. The molecule has 0 atom stereocenters. The van der Waals surface area contributed by atoms with E-state index in [0.29, 0.717) is 19.4 Å². The van der Waals surface area contributed by atoms with Crippen LogP contribution in [-0.4, -0.2) is 63.4 Å². The van der Waals surface area contributed by atoms with Gasteiger partial charge in [0.25, 0.3) is 0 Å². The van der Waals surface area contributed by atoms with E-state index in [1.807, 2.05) is 0 Å². The number of hydrogen-bond donors (Lipinski definition) is 0. The molecule has 0 unspecified atom stereocenters. The first-order valence-electron chi connectivity index (χ1n) is 8.75. The normalized spacial score (nSPS) is 15.3. The Morgan fingerprint density at radius 1 is 0.913 bits per heavy atom. The van der Waals surface area contributed by atoms with E-state index < -0.39 is 0 Å². The van der Waals surface area contributed by atoms with Crippen LogP contribution in [0.15, 0.2) is 0 Å². The standard InChI is InChI=1S/C17H31NO5/c1-21-16(19)8-6-4-2-3-5-7-9-17(20)23-15-12-18-10-13-22-14-11-18/h2-15H2,1H3. The highest BCUT2D eigenvalue weighted by Crippen LogP contribution is 2.09. The second kappa shape index (κ2) is 13.3. The van der Waals surface area contributed by atoms with Gasteiger partial charge in [-0.1, -0.05) is 25.7 Å². The molecule has 1 saturated heterocycles. The van der Waals surface area contributed by atoms with Gasteiger partial charge < -0.3 is 14.2 Å². The summed E-state index contributed by atoms with van der Waals surface area (Å²) in [5.41, 5.74) is 0. The van der Waals surface area contributed by atoms with Crippen molar-refractivity contribution in [2.75, 3.05) is 46.6 Å². The van der Waals surface area contributed by atoms with E-state index in [-0.39, 0.29) is 11.9 Å². The Labute approximate surface area is 139 Å². The lowest BCUT2D eigenvalue weighted by Crippen LogP contribution is -2.38. The van der Waals surface area contributed by atoms with Crippen LogP contribution < -0.4 is 0 Å². The fourth-order valence-corrected chi connectivity index (χ4v) is 2.53. The number of rotatable bonds is 12. The molecular formula is C17H31NO5. The molecule has 6 heteroatoms. The van der Waals surface area contributed by atoms with E-state index in [1.165, 1.54) is 7.11 Å². The fourth-order valence-electron chi connectivity index (χ4n) is 2.53. The van der Waals surface area contributed by atoms with Crippen LogP contribution in [0.25, 0.3) is 0 Å². The first kappa shape index (κ1) is 19.9. The number of carbonyl (C=O) groups excluding carboxylic acids is 2. The third kappa shape index (κ3) is 11.1. The van der Waals surface area contributed by atoms with Gasteiger partial charge in [-0.15, -0.1) is 0 Å². The zero-order chi connectivity index (χ0) is 16.8. The van der Waals surface area contributed by atoms with E-state index in [1.54, 1.807) is 0 Å². The van der Waals surface area contributed by atoms with Crippen molar-refractivity contribution >= 4 is 11.9 Å². The molecular weight excluding hydrogens is 298 g/mol. The quantitative estimate of drug-likeness (QED) is 0.404. The molecule has 0 radical (unpaired) electrons. The van der Waals surface area contributed by atoms with Gasteiger partial charge in [-0.25, -0.2) is 0 Å². The molecule has 1 aliphatic rings. The molecule has 0 bridgehead atoms. The fraction of sp³-hybridized carbons (Fsp3) is 0.882. The lowest BCUT2D eigenvalue weighted by molar-refractivity contribution is -0.144. The van der Waals surface area contributed by atoms with Crippen molar-refractivity contribution in [3.05, 3.63) is 0 Å². The van der Waals surface area contributed by atoms with Crippen molar-refractivity contribution in [2.24, 2.45) is 0 Å². The number of esters is 2. The van der Waals surface area contributed by atoms with Crippen LogP contribution in [0.5, 0.6) is 0 Å². The summed E-state index contributed by atoms with van der Waals surface area (Å²) in [5.74, 6) is -0.228. The van der Waals surface area contributed by atoms with Crippen molar-refractivity contribution in [1.82, 2.24) is 4.90 Å². The lowest BCUT2D eigenvalue weighted by Gasteiger charge is -2.26. The second-order valence-corrected chi connectivity index (χ2v) is 5.87. The van der Waals surface area contributed by atoms with E-state index in [4.69, 9.17) is 9.47 Å². The summed E-state index contributed by atoms with van der Waals surface area (Å²) >= 11 is 0. The van der Waals surface area contributed by atoms with Gasteiger partial charge in [0.05, 0.1) is 20.3 Å². The summed E-state index contributed by atoms with van der Waals surface area (Å²) in [5, 5.41) is 0. The zero-order valence-electron chi connectivity index (χ0n) is 14.4. The van der Waals surface area contributed by atoms with Crippen LogP contribution in [0, 0.1) is 0 Å². The molecule has 0 aromatic heterocycles. The number of ether oxygens (including phenoxy) is 3. The molecule has 0 amide bonds. The Morgan fingerprint density at radius 3 is 2.09 bits per heavy atom. The van der Waals surface area contributed by atoms with Crippen molar-refractivity contribution in [3.63, 3.8) is 0 Å². The average Bonchev–Trinajstić information content (AvgIpc) is 2.58. The summed E-state index contributed by atoms with van der Waals surface area (Å²) in [7, 11) is 1.42. The molecule has 0 aromatic rings. The predicted molar refractivity (Wildman–Crippen MR) is 87.2 cm³/mol. The van der Waals surface area contributed by atoms with E-state index in [0.717, 1.165) is 71.4 Å². The third-order valence-corrected chi connectivity index (χ3v) is 4.01. The highest BCUT2D eigenvalue weighted by Gasteiger charge is 2.10. The summed E-state index contributed by atoms with van der Waals surface area (Å²) in [4.78, 5) is 24.8. The van der Waals surface area contributed by atoms with Crippen LogP contribution in [-0.2, 0) is 23.8 Å². The summed E-state index contributed by atoms with van der Waals surface area (Å²) in [6, 6.07) is 0. The van der Waals surface area contributed by atoms with Crippen LogP contribution in [0.4, 0.5) is 0 Å². The van der Waals surface area contributed by atoms with E-state index >= 15 is 0 Å². The molecule has 0 aromatic carbocycles. The molecule has 0 spiro atoms.